The molecule has 2 rings (SSSR count). The fourth-order valence-electron chi connectivity index (χ4n) is 1.73. The smallest absolute Gasteiger partial charge is 0.321 e. The molecular formula is C14H12Cl2FNO4S2. The molecule has 0 aliphatic rings. The number of benzene rings is 1. The van der Waals surface area contributed by atoms with Gasteiger partial charge in [0.05, 0.1) is 9.36 Å². The van der Waals surface area contributed by atoms with Crippen LogP contribution in [0.4, 0.5) is 4.39 Å². The molecule has 2 aromatic rings. The van der Waals surface area contributed by atoms with Crippen LogP contribution in [-0.4, -0.2) is 32.3 Å². The van der Waals surface area contributed by atoms with Crippen LogP contribution < -0.4 is 0 Å². The van der Waals surface area contributed by atoms with Gasteiger partial charge in [0.1, 0.15) is 23.2 Å². The molecule has 10 heteroatoms. The second-order valence-corrected chi connectivity index (χ2v) is 9.07. The van der Waals surface area contributed by atoms with E-state index in [0.717, 1.165) is 15.6 Å². The average molecular weight is 412 g/mol. The van der Waals surface area contributed by atoms with Crippen LogP contribution in [0.1, 0.15) is 5.56 Å². The predicted molar refractivity (Wildman–Crippen MR) is 90.4 cm³/mol. The van der Waals surface area contributed by atoms with Gasteiger partial charge in [-0.2, -0.15) is 4.31 Å². The standard InChI is InChI=1S/C14H12Cl2FNO4S2/c1-18(24(20,21)14-6-5-12(16)23-14)7-13(19)22-8-9-10(15)3-2-4-11(9)17/h2-6H,7-8H2,1H3. The Labute approximate surface area is 152 Å². The SMILES string of the molecule is CN(CC(=O)OCc1c(F)cccc1Cl)S(=O)(=O)c1ccc(Cl)s1. The number of carbonyl (C=O) groups is 1. The molecule has 0 spiro atoms. The van der Waals surface area contributed by atoms with E-state index in [2.05, 4.69) is 0 Å². The predicted octanol–water partition coefficient (Wildman–Crippen LogP) is 3.56. The van der Waals surface area contributed by atoms with E-state index in [1.807, 2.05) is 0 Å². The van der Waals surface area contributed by atoms with E-state index >= 15 is 0 Å². The number of carbonyl (C=O) groups excluding carboxylic acids is 1. The van der Waals surface area contributed by atoms with E-state index in [9.17, 15) is 17.6 Å². The van der Waals surface area contributed by atoms with Crippen LogP contribution in [0.3, 0.4) is 0 Å². The van der Waals surface area contributed by atoms with Gasteiger partial charge in [-0.3, -0.25) is 4.79 Å². The largest absolute Gasteiger partial charge is 0.460 e. The minimum absolute atomic E-state index is 0.0138. The zero-order chi connectivity index (χ0) is 17.9. The fourth-order valence-corrected chi connectivity index (χ4v) is 4.75. The number of halogens is 3. The summed E-state index contributed by atoms with van der Waals surface area (Å²) in [6.07, 6.45) is 0. The number of sulfonamides is 1. The minimum atomic E-state index is -3.85. The normalized spacial score (nSPS) is 11.7. The highest BCUT2D eigenvalue weighted by atomic mass is 35.5. The minimum Gasteiger partial charge on any atom is -0.460 e. The highest BCUT2D eigenvalue weighted by Gasteiger charge is 2.25. The molecule has 0 unspecified atom stereocenters. The Morgan fingerprint density at radius 1 is 1.29 bits per heavy atom. The van der Waals surface area contributed by atoms with E-state index in [1.54, 1.807) is 0 Å². The van der Waals surface area contributed by atoms with Crippen molar-refractivity contribution < 1.29 is 22.3 Å². The molecule has 0 radical (unpaired) electrons. The zero-order valence-electron chi connectivity index (χ0n) is 12.3. The quantitative estimate of drug-likeness (QED) is 0.681. The van der Waals surface area contributed by atoms with Crippen molar-refractivity contribution in [2.75, 3.05) is 13.6 Å². The molecule has 0 aliphatic heterocycles. The first-order chi connectivity index (χ1) is 11.2. The molecule has 0 saturated heterocycles. The van der Waals surface area contributed by atoms with E-state index in [0.29, 0.717) is 4.34 Å². The van der Waals surface area contributed by atoms with Gasteiger partial charge in [0.2, 0.25) is 0 Å². The highest BCUT2D eigenvalue weighted by Crippen LogP contribution is 2.27. The van der Waals surface area contributed by atoms with Crippen LogP contribution in [0.25, 0.3) is 0 Å². The highest BCUT2D eigenvalue weighted by molar-refractivity contribution is 7.91. The Morgan fingerprint density at radius 3 is 2.58 bits per heavy atom. The van der Waals surface area contributed by atoms with Crippen molar-refractivity contribution in [3.8, 4) is 0 Å². The maximum absolute atomic E-state index is 13.6. The molecule has 1 heterocycles. The topological polar surface area (TPSA) is 63.7 Å². The molecule has 0 amide bonds. The average Bonchev–Trinajstić information content (AvgIpc) is 2.94. The molecule has 1 aromatic heterocycles. The van der Waals surface area contributed by atoms with Gasteiger partial charge in [0.15, 0.2) is 0 Å². The second kappa shape index (κ2) is 7.79. The molecular weight excluding hydrogens is 400 g/mol. The van der Waals surface area contributed by atoms with Crippen molar-refractivity contribution in [3.63, 3.8) is 0 Å². The number of thiophene rings is 1. The Kier molecular flexibility index (Phi) is 6.22. The van der Waals surface area contributed by atoms with Crippen molar-refractivity contribution in [2.45, 2.75) is 10.8 Å². The summed E-state index contributed by atoms with van der Waals surface area (Å²) in [4.78, 5) is 11.8. The third-order valence-corrected chi connectivity index (χ3v) is 6.86. The molecule has 0 atom stereocenters. The van der Waals surface area contributed by atoms with E-state index in [-0.39, 0.29) is 21.4 Å². The molecule has 1 aromatic carbocycles. The molecule has 130 valence electrons. The molecule has 24 heavy (non-hydrogen) atoms. The zero-order valence-corrected chi connectivity index (χ0v) is 15.5. The lowest BCUT2D eigenvalue weighted by Gasteiger charge is -2.15. The number of nitrogens with zero attached hydrogens (tertiary/aromatic N) is 1. The molecule has 5 nitrogen and oxygen atoms in total. The fraction of sp³-hybridized carbons (Fsp3) is 0.214. The van der Waals surface area contributed by atoms with Gasteiger partial charge >= 0.3 is 5.97 Å². The molecule has 0 fully saturated rings. The van der Waals surface area contributed by atoms with Gasteiger partial charge in [-0.1, -0.05) is 29.3 Å². The van der Waals surface area contributed by atoms with Gasteiger partial charge in [-0.15, -0.1) is 11.3 Å². The number of hydrogen-bond acceptors (Lipinski definition) is 5. The van der Waals surface area contributed by atoms with Crippen LogP contribution >= 0.6 is 34.5 Å². The van der Waals surface area contributed by atoms with Crippen LogP contribution in [0, 0.1) is 5.82 Å². The number of hydrogen-bond donors (Lipinski definition) is 0. The van der Waals surface area contributed by atoms with Crippen LogP contribution in [-0.2, 0) is 26.2 Å². The van der Waals surface area contributed by atoms with Crippen molar-refractivity contribution in [3.05, 3.63) is 51.1 Å². The van der Waals surface area contributed by atoms with Crippen molar-refractivity contribution in [1.29, 1.82) is 0 Å². The second-order valence-electron chi connectivity index (χ2n) is 4.68. The summed E-state index contributed by atoms with van der Waals surface area (Å²) < 4.78 is 44.2. The maximum Gasteiger partial charge on any atom is 0.321 e. The summed E-state index contributed by atoms with van der Waals surface area (Å²) in [6, 6.07) is 6.88. The summed E-state index contributed by atoms with van der Waals surface area (Å²) >= 11 is 12.4. The number of rotatable bonds is 6. The molecule has 0 saturated carbocycles. The number of likely N-dealkylation sites (N-methyl/N-ethyl adjacent to an activating group) is 1. The number of ether oxygens (including phenoxy) is 1. The van der Waals surface area contributed by atoms with Crippen molar-refractivity contribution in [1.82, 2.24) is 4.31 Å². The molecule has 0 bridgehead atoms. The Hall–Kier alpha value is -1.19. The van der Waals surface area contributed by atoms with E-state index in [4.69, 9.17) is 27.9 Å². The van der Waals surface area contributed by atoms with Gasteiger partial charge in [-0.05, 0) is 24.3 Å². The monoisotopic (exact) mass is 411 g/mol. The Morgan fingerprint density at radius 2 is 2.00 bits per heavy atom. The third kappa shape index (κ3) is 4.46. The van der Waals surface area contributed by atoms with E-state index in [1.165, 1.54) is 37.4 Å². The first-order valence-electron chi connectivity index (χ1n) is 6.52. The van der Waals surface area contributed by atoms with Crippen molar-refractivity contribution in [2.24, 2.45) is 0 Å². The van der Waals surface area contributed by atoms with Gasteiger partial charge in [-0.25, -0.2) is 12.8 Å². The lowest BCUT2D eigenvalue weighted by Crippen LogP contribution is -2.32. The van der Waals surface area contributed by atoms with Crippen LogP contribution in [0.15, 0.2) is 34.5 Å². The summed E-state index contributed by atoms with van der Waals surface area (Å²) in [5, 5.41) is 0.122. The number of esters is 1. The van der Waals surface area contributed by atoms with Crippen LogP contribution in [0.5, 0.6) is 0 Å². The summed E-state index contributed by atoms with van der Waals surface area (Å²) in [7, 11) is -2.61. The summed E-state index contributed by atoms with van der Waals surface area (Å²) in [5.74, 6) is -1.44. The van der Waals surface area contributed by atoms with Gasteiger partial charge in [0, 0.05) is 12.6 Å². The van der Waals surface area contributed by atoms with Crippen molar-refractivity contribution >= 4 is 50.5 Å². The van der Waals surface area contributed by atoms with Gasteiger partial charge in [0.25, 0.3) is 10.0 Å². The molecule has 0 N–H and O–H groups in total. The maximum atomic E-state index is 13.6. The first kappa shape index (κ1) is 19.1. The Balaban J connectivity index is 1.99. The lowest BCUT2D eigenvalue weighted by atomic mass is 10.2. The van der Waals surface area contributed by atoms with E-state index < -0.39 is 28.4 Å². The summed E-state index contributed by atoms with van der Waals surface area (Å²) in [6.45, 7) is -0.910. The Bertz CT molecular complexity index is 834. The summed E-state index contributed by atoms with van der Waals surface area (Å²) in [5.41, 5.74) is 0.0306. The van der Waals surface area contributed by atoms with Crippen LogP contribution in [0.2, 0.25) is 9.36 Å². The van der Waals surface area contributed by atoms with Gasteiger partial charge < -0.3 is 4.74 Å². The lowest BCUT2D eigenvalue weighted by molar-refractivity contribution is -0.145. The third-order valence-electron chi connectivity index (χ3n) is 3.00. The molecule has 0 aliphatic carbocycles. The first-order valence-corrected chi connectivity index (χ1v) is 9.53.